The lowest BCUT2D eigenvalue weighted by atomic mass is 9.60. The summed E-state index contributed by atoms with van der Waals surface area (Å²) in [6, 6.07) is 0. The molecule has 0 radical (unpaired) electrons. The van der Waals surface area contributed by atoms with Crippen LogP contribution in [0.2, 0.25) is 0 Å². The second kappa shape index (κ2) is 6.43. The highest BCUT2D eigenvalue weighted by Crippen LogP contribution is 2.55. The number of aliphatic hydroxyl groups is 1. The highest BCUT2D eigenvalue weighted by Gasteiger charge is 2.64. The first-order valence-electron chi connectivity index (χ1n) is 9.00. The number of hydrogen-bond donors (Lipinski definition) is 1. The van der Waals surface area contributed by atoms with Crippen LogP contribution in [0.15, 0.2) is 23.3 Å². The first kappa shape index (κ1) is 19.0. The second-order valence-electron chi connectivity index (χ2n) is 7.87. The maximum Gasteiger partial charge on any atom is 0.302 e. The first-order chi connectivity index (χ1) is 12.1. The predicted octanol–water partition coefficient (Wildman–Crippen LogP) is 1.76. The highest BCUT2D eigenvalue weighted by molar-refractivity contribution is 6.05. The molecule has 0 heterocycles. The Bertz CT molecular complexity index is 720. The number of rotatable bonds is 3. The second-order valence-corrected chi connectivity index (χ2v) is 7.87. The first-order valence-corrected chi connectivity index (χ1v) is 9.00. The molecule has 0 aromatic carbocycles. The molecule has 1 N–H and O–H groups in total. The average molecular weight is 362 g/mol. The summed E-state index contributed by atoms with van der Waals surface area (Å²) in [7, 11) is 1.48. The van der Waals surface area contributed by atoms with Crippen molar-refractivity contribution in [3.05, 3.63) is 23.3 Å². The van der Waals surface area contributed by atoms with E-state index in [1.165, 1.54) is 14.0 Å². The third-order valence-electron chi connectivity index (χ3n) is 6.28. The minimum atomic E-state index is -1.27. The number of Topliss-reactive ketones (excluding diaryl/α,β-unsaturated/α-hetero) is 2. The molecule has 0 aliphatic heterocycles. The van der Waals surface area contributed by atoms with Crippen LogP contribution in [0.5, 0.6) is 0 Å². The Morgan fingerprint density at radius 1 is 1.31 bits per heavy atom. The van der Waals surface area contributed by atoms with Gasteiger partial charge in [0.1, 0.15) is 18.0 Å². The Hall–Kier alpha value is -1.79. The number of carbonyl (C=O) groups is 3. The Kier molecular flexibility index (Phi) is 4.69. The molecule has 0 spiro atoms. The summed E-state index contributed by atoms with van der Waals surface area (Å²) in [6.07, 6.45) is 4.34. The van der Waals surface area contributed by atoms with E-state index in [1.54, 1.807) is 13.0 Å². The Morgan fingerprint density at radius 2 is 2.00 bits per heavy atom. The van der Waals surface area contributed by atoms with Crippen molar-refractivity contribution >= 4 is 17.5 Å². The number of hydrogen-bond acceptors (Lipinski definition) is 6. The van der Waals surface area contributed by atoms with Crippen molar-refractivity contribution in [3.8, 4) is 0 Å². The van der Waals surface area contributed by atoms with Crippen LogP contribution in [0.3, 0.4) is 0 Å². The molecule has 0 unspecified atom stereocenters. The summed E-state index contributed by atoms with van der Waals surface area (Å²) < 4.78 is 10.9. The van der Waals surface area contributed by atoms with Crippen LogP contribution in [-0.2, 0) is 23.9 Å². The fourth-order valence-corrected chi connectivity index (χ4v) is 4.99. The summed E-state index contributed by atoms with van der Waals surface area (Å²) in [5.74, 6) is -1.80. The molecular weight excluding hydrogens is 336 g/mol. The maximum absolute atomic E-state index is 13.0. The maximum atomic E-state index is 13.0. The standard InChI is InChI=1S/C20H26O6/c1-11-5-17-19(25-4,18(11)23)9-14(10-26-13(3)21)7-15-8-16(22)6-12(2)20(15,17)24/h5,7,12,15,17,24H,6,8-10H2,1-4H3/t12-,15+,17-,19-,20-/m1/s1. The molecule has 3 aliphatic carbocycles. The van der Waals surface area contributed by atoms with Crippen molar-refractivity contribution in [1.82, 2.24) is 0 Å². The summed E-state index contributed by atoms with van der Waals surface area (Å²) in [6.45, 7) is 4.92. The van der Waals surface area contributed by atoms with Crippen molar-refractivity contribution in [2.24, 2.45) is 17.8 Å². The third-order valence-corrected chi connectivity index (χ3v) is 6.28. The van der Waals surface area contributed by atoms with Gasteiger partial charge in [0.25, 0.3) is 0 Å². The molecule has 26 heavy (non-hydrogen) atoms. The zero-order valence-electron chi connectivity index (χ0n) is 15.7. The van der Waals surface area contributed by atoms with Gasteiger partial charge in [-0.3, -0.25) is 14.4 Å². The summed E-state index contributed by atoms with van der Waals surface area (Å²) in [5, 5.41) is 11.8. The minimum absolute atomic E-state index is 0.0225. The molecule has 1 saturated carbocycles. The van der Waals surface area contributed by atoms with Crippen molar-refractivity contribution in [1.29, 1.82) is 0 Å². The fourth-order valence-electron chi connectivity index (χ4n) is 4.99. The van der Waals surface area contributed by atoms with Crippen LogP contribution in [0.25, 0.3) is 0 Å². The summed E-state index contributed by atoms with van der Waals surface area (Å²) >= 11 is 0. The molecular formula is C20H26O6. The zero-order chi connectivity index (χ0) is 19.3. The highest BCUT2D eigenvalue weighted by atomic mass is 16.5. The quantitative estimate of drug-likeness (QED) is 0.608. The van der Waals surface area contributed by atoms with E-state index in [1.807, 2.05) is 13.0 Å². The van der Waals surface area contributed by atoms with Gasteiger partial charge in [-0.1, -0.05) is 19.1 Å². The third kappa shape index (κ3) is 2.67. The Morgan fingerprint density at radius 3 is 2.62 bits per heavy atom. The van der Waals surface area contributed by atoms with Gasteiger partial charge in [0.05, 0.1) is 5.60 Å². The van der Waals surface area contributed by atoms with Gasteiger partial charge >= 0.3 is 5.97 Å². The summed E-state index contributed by atoms with van der Waals surface area (Å²) in [4.78, 5) is 36.5. The number of fused-ring (bicyclic) bond motifs is 3. The van der Waals surface area contributed by atoms with Crippen LogP contribution in [0, 0.1) is 17.8 Å². The lowest BCUT2D eigenvalue weighted by molar-refractivity contribution is -0.176. The monoisotopic (exact) mass is 362 g/mol. The number of ketones is 2. The molecule has 1 fully saturated rings. The fraction of sp³-hybridized carbons (Fsp3) is 0.650. The molecule has 0 aromatic rings. The van der Waals surface area contributed by atoms with E-state index in [-0.39, 0.29) is 43.4 Å². The van der Waals surface area contributed by atoms with Crippen molar-refractivity contribution in [2.75, 3.05) is 13.7 Å². The van der Waals surface area contributed by atoms with Crippen molar-refractivity contribution < 1.29 is 29.0 Å². The van der Waals surface area contributed by atoms with Crippen LogP contribution in [0.4, 0.5) is 0 Å². The summed E-state index contributed by atoms with van der Waals surface area (Å²) in [5.41, 5.74) is -1.24. The number of esters is 1. The lowest BCUT2D eigenvalue weighted by Crippen LogP contribution is -2.60. The van der Waals surface area contributed by atoms with E-state index >= 15 is 0 Å². The van der Waals surface area contributed by atoms with E-state index in [4.69, 9.17) is 9.47 Å². The Labute approximate surface area is 153 Å². The van der Waals surface area contributed by atoms with Crippen molar-refractivity contribution in [2.45, 2.75) is 51.2 Å². The molecule has 3 rings (SSSR count). The Balaban J connectivity index is 2.13. The van der Waals surface area contributed by atoms with Gasteiger partial charge in [0.15, 0.2) is 5.78 Å². The molecule has 0 aromatic heterocycles. The van der Waals surface area contributed by atoms with E-state index in [0.717, 1.165) is 0 Å². The van der Waals surface area contributed by atoms with Gasteiger partial charge in [-0.2, -0.15) is 0 Å². The zero-order valence-corrected chi connectivity index (χ0v) is 15.7. The van der Waals surface area contributed by atoms with Crippen LogP contribution in [-0.4, -0.2) is 47.6 Å². The number of ether oxygens (including phenoxy) is 2. The molecule has 0 saturated heterocycles. The average Bonchev–Trinajstić information content (AvgIpc) is 2.76. The van der Waals surface area contributed by atoms with Gasteiger partial charge < -0.3 is 14.6 Å². The number of methoxy groups -OCH3 is 1. The predicted molar refractivity (Wildman–Crippen MR) is 93.2 cm³/mol. The molecule has 142 valence electrons. The van der Waals surface area contributed by atoms with E-state index in [2.05, 4.69) is 0 Å². The molecule has 3 aliphatic rings. The smallest absolute Gasteiger partial charge is 0.302 e. The van der Waals surface area contributed by atoms with Gasteiger partial charge in [0.2, 0.25) is 0 Å². The van der Waals surface area contributed by atoms with E-state index in [9.17, 15) is 19.5 Å². The normalized spacial score (nSPS) is 39.5. The molecule has 6 nitrogen and oxygen atoms in total. The molecule has 0 amide bonds. The lowest BCUT2D eigenvalue weighted by Gasteiger charge is -2.49. The minimum Gasteiger partial charge on any atom is -0.461 e. The van der Waals surface area contributed by atoms with Gasteiger partial charge in [0, 0.05) is 45.1 Å². The largest absolute Gasteiger partial charge is 0.461 e. The van der Waals surface area contributed by atoms with Crippen molar-refractivity contribution in [3.63, 3.8) is 0 Å². The van der Waals surface area contributed by atoms with E-state index in [0.29, 0.717) is 11.1 Å². The van der Waals surface area contributed by atoms with Crippen LogP contribution in [0.1, 0.15) is 40.0 Å². The van der Waals surface area contributed by atoms with Crippen LogP contribution >= 0.6 is 0 Å². The molecule has 6 heteroatoms. The van der Waals surface area contributed by atoms with Gasteiger partial charge in [-0.05, 0) is 24.0 Å². The molecule has 5 atom stereocenters. The SMILES string of the molecule is CO[C@]12CC(COC(C)=O)=C[C@H]3CC(=O)C[C@@H](C)[C@]3(O)[C@@H]1C=C(C)C2=O. The number of carbonyl (C=O) groups excluding carboxylic acids is 3. The topological polar surface area (TPSA) is 89.9 Å². The van der Waals surface area contributed by atoms with Gasteiger partial charge in [-0.25, -0.2) is 0 Å². The molecule has 0 bridgehead atoms. The van der Waals surface area contributed by atoms with E-state index < -0.39 is 29.0 Å². The van der Waals surface area contributed by atoms with Gasteiger partial charge in [-0.15, -0.1) is 0 Å². The van der Waals surface area contributed by atoms with Crippen LogP contribution < -0.4 is 0 Å².